The van der Waals surface area contributed by atoms with Crippen LogP contribution in [0.3, 0.4) is 0 Å². The van der Waals surface area contributed by atoms with Gasteiger partial charge in [-0.15, -0.1) is 0 Å². The van der Waals surface area contributed by atoms with Gasteiger partial charge in [-0.25, -0.2) is 14.9 Å². The molecule has 0 aromatic heterocycles. The molecule has 0 unspecified atom stereocenters. The summed E-state index contributed by atoms with van der Waals surface area (Å²) < 4.78 is 30.3. The normalized spacial score (nSPS) is 14.0. The van der Waals surface area contributed by atoms with Crippen LogP contribution in [0.1, 0.15) is 24.0 Å². The topological polar surface area (TPSA) is 64.5 Å². The number of ether oxygens (including phenoxy) is 3. The van der Waals surface area contributed by atoms with E-state index in [9.17, 15) is 4.39 Å². The van der Waals surface area contributed by atoms with Crippen molar-refractivity contribution in [2.75, 3.05) is 34.4 Å². The van der Waals surface area contributed by atoms with E-state index in [4.69, 9.17) is 19.0 Å². The number of hydrogen-bond acceptors (Lipinski definition) is 6. The predicted molar refractivity (Wildman–Crippen MR) is 121 cm³/mol. The molecule has 0 aliphatic carbocycles. The first-order chi connectivity index (χ1) is 15.5. The highest BCUT2D eigenvalue weighted by atomic mass is 19.1. The molecule has 32 heavy (non-hydrogen) atoms. The van der Waals surface area contributed by atoms with Gasteiger partial charge in [0.05, 0.1) is 26.9 Å². The molecule has 0 atom stereocenters. The number of benzene rings is 2. The Morgan fingerprint density at radius 1 is 1.09 bits per heavy atom. The molecule has 1 aliphatic heterocycles. The second-order valence-corrected chi connectivity index (χ2v) is 7.56. The van der Waals surface area contributed by atoms with Crippen LogP contribution in [0.2, 0.25) is 0 Å². The Kier molecular flexibility index (Phi) is 8.74. The highest BCUT2D eigenvalue weighted by Crippen LogP contribution is 2.23. The number of methoxy groups -OCH3 is 1. The summed E-state index contributed by atoms with van der Waals surface area (Å²) in [6.07, 6.45) is 3.53. The third kappa shape index (κ3) is 7.46. The Morgan fingerprint density at radius 3 is 2.47 bits per heavy atom. The van der Waals surface area contributed by atoms with Crippen LogP contribution in [0.25, 0.3) is 0 Å². The smallest absolute Gasteiger partial charge is 0.286 e. The first-order valence-corrected chi connectivity index (χ1v) is 10.5. The molecule has 7 nitrogen and oxygen atoms in total. The average Bonchev–Trinajstić information content (AvgIpc) is 2.79. The number of hydroxylamine groups is 1. The van der Waals surface area contributed by atoms with Gasteiger partial charge in [-0.3, -0.25) is 0 Å². The Labute approximate surface area is 188 Å². The van der Waals surface area contributed by atoms with E-state index < -0.39 is 5.82 Å². The summed E-state index contributed by atoms with van der Waals surface area (Å²) in [5.41, 5.74) is 6.00. The molecule has 1 heterocycles. The lowest BCUT2D eigenvalue weighted by Crippen LogP contribution is -2.23. The van der Waals surface area contributed by atoms with Crippen molar-refractivity contribution in [1.29, 1.82) is 0 Å². The monoisotopic (exact) mass is 443 g/mol. The molecule has 1 fully saturated rings. The van der Waals surface area contributed by atoms with Crippen molar-refractivity contribution in [1.82, 2.24) is 10.4 Å². The van der Waals surface area contributed by atoms with Crippen molar-refractivity contribution >= 4 is 6.02 Å². The Morgan fingerprint density at radius 2 is 1.78 bits per heavy atom. The summed E-state index contributed by atoms with van der Waals surface area (Å²) in [7, 11) is 5.36. The maximum absolute atomic E-state index is 14.0. The molecule has 3 rings (SSSR count). The molecular weight excluding hydrogens is 413 g/mol. The Hall–Kier alpha value is -3.26. The van der Waals surface area contributed by atoms with Crippen molar-refractivity contribution in [3.8, 4) is 11.5 Å². The molecule has 8 heteroatoms. The summed E-state index contributed by atoms with van der Waals surface area (Å²) in [6.45, 7) is 2.25. The van der Waals surface area contributed by atoms with Crippen LogP contribution in [0.15, 0.2) is 59.2 Å². The highest BCUT2D eigenvalue weighted by Gasteiger charge is 2.07. The first kappa shape index (κ1) is 23.4. The van der Waals surface area contributed by atoms with Gasteiger partial charge in [0.1, 0.15) is 18.2 Å². The minimum Gasteiger partial charge on any atom is -0.489 e. The lowest BCUT2D eigenvalue weighted by molar-refractivity contribution is 0.117. The van der Waals surface area contributed by atoms with Crippen molar-refractivity contribution in [2.45, 2.75) is 26.0 Å². The van der Waals surface area contributed by atoms with Crippen molar-refractivity contribution in [3.05, 3.63) is 71.2 Å². The van der Waals surface area contributed by atoms with Crippen LogP contribution in [0.4, 0.5) is 4.39 Å². The van der Waals surface area contributed by atoms with Gasteiger partial charge in [-0.05, 0) is 29.5 Å². The zero-order valence-electron chi connectivity index (χ0n) is 18.8. The first-order valence-electron chi connectivity index (χ1n) is 10.5. The summed E-state index contributed by atoms with van der Waals surface area (Å²) in [6, 6.07) is 12.8. The van der Waals surface area contributed by atoms with Gasteiger partial charge in [0.15, 0.2) is 5.75 Å². The van der Waals surface area contributed by atoms with Gasteiger partial charge in [-0.2, -0.15) is 0 Å². The molecular formula is C24H30FN3O4. The van der Waals surface area contributed by atoms with Crippen molar-refractivity contribution in [3.63, 3.8) is 0 Å². The molecule has 172 valence electrons. The fraction of sp³-hybridized carbons (Fsp3) is 0.375. The summed E-state index contributed by atoms with van der Waals surface area (Å²) >= 11 is 0. The molecule has 2 aromatic carbocycles. The van der Waals surface area contributed by atoms with E-state index in [2.05, 4.69) is 10.5 Å². The van der Waals surface area contributed by atoms with Crippen LogP contribution < -0.4 is 15.1 Å². The SMILES string of the molecule is COC(=NCc1ccc(COc2cc(F)cc(ONC=C3CCOCC3)c2)cc1)N(C)C. The lowest BCUT2D eigenvalue weighted by atomic mass is 10.1. The van der Waals surface area contributed by atoms with Gasteiger partial charge >= 0.3 is 0 Å². The van der Waals surface area contributed by atoms with E-state index in [1.54, 1.807) is 19.4 Å². The fourth-order valence-electron chi connectivity index (χ4n) is 3.09. The third-order valence-electron chi connectivity index (χ3n) is 4.81. The zero-order chi connectivity index (χ0) is 22.8. The van der Waals surface area contributed by atoms with E-state index in [-0.39, 0.29) is 0 Å². The third-order valence-corrected chi connectivity index (χ3v) is 4.81. The predicted octanol–water partition coefficient (Wildman–Crippen LogP) is 4.05. The van der Waals surface area contributed by atoms with E-state index in [1.165, 1.54) is 17.7 Å². The second kappa shape index (κ2) is 12.0. The van der Waals surface area contributed by atoms with E-state index in [1.807, 2.05) is 43.3 Å². The summed E-state index contributed by atoms with van der Waals surface area (Å²) in [4.78, 5) is 11.7. The summed E-state index contributed by atoms with van der Waals surface area (Å²) in [5.74, 6) is 0.304. The number of nitrogens with one attached hydrogen (secondary N) is 1. The molecule has 0 radical (unpaired) electrons. The maximum atomic E-state index is 14.0. The second-order valence-electron chi connectivity index (χ2n) is 7.56. The van der Waals surface area contributed by atoms with Gasteiger partial charge < -0.3 is 23.9 Å². The van der Waals surface area contributed by atoms with Crippen LogP contribution in [-0.2, 0) is 22.6 Å². The number of rotatable bonds is 8. The molecule has 1 aliphatic rings. The average molecular weight is 444 g/mol. The van der Waals surface area contributed by atoms with Gasteiger partial charge in [0.2, 0.25) is 0 Å². The number of nitrogens with zero attached hydrogens (tertiary/aromatic N) is 2. The number of halogens is 1. The highest BCUT2D eigenvalue weighted by molar-refractivity contribution is 5.72. The summed E-state index contributed by atoms with van der Waals surface area (Å²) in [5, 5.41) is 0. The van der Waals surface area contributed by atoms with E-state index >= 15 is 0 Å². The molecule has 2 aromatic rings. The number of aliphatic imine (C=N–C) groups is 1. The quantitative estimate of drug-likeness (QED) is 0.377. The standard InChI is InChI=1S/C24H30FN3O4/c1-28(2)24(29-3)26-15-18-4-6-20(7-5-18)17-31-22-12-21(25)13-23(14-22)32-27-16-19-8-10-30-11-9-19/h4-7,12-14,16,27H,8-11,15,17H2,1-3H3. The van der Waals surface area contributed by atoms with Crippen LogP contribution in [0.5, 0.6) is 11.5 Å². The van der Waals surface area contributed by atoms with Gasteiger partial charge in [0.25, 0.3) is 6.02 Å². The van der Waals surface area contributed by atoms with E-state index in [0.717, 1.165) is 24.0 Å². The molecule has 0 saturated carbocycles. The Balaban J connectivity index is 1.52. The number of hydrogen-bond donors (Lipinski definition) is 1. The largest absolute Gasteiger partial charge is 0.489 e. The zero-order valence-corrected chi connectivity index (χ0v) is 18.8. The van der Waals surface area contributed by atoms with Crippen LogP contribution in [0, 0.1) is 5.82 Å². The molecule has 0 spiro atoms. The fourth-order valence-corrected chi connectivity index (χ4v) is 3.09. The van der Waals surface area contributed by atoms with Crippen LogP contribution >= 0.6 is 0 Å². The molecule has 1 N–H and O–H groups in total. The van der Waals surface area contributed by atoms with Gasteiger partial charge in [-0.1, -0.05) is 24.3 Å². The Bertz CT molecular complexity index is 921. The van der Waals surface area contributed by atoms with Crippen molar-refractivity contribution in [2.24, 2.45) is 4.99 Å². The van der Waals surface area contributed by atoms with E-state index in [0.29, 0.717) is 43.9 Å². The molecule has 0 amide bonds. The molecule has 1 saturated heterocycles. The minimum absolute atomic E-state index is 0.310. The number of amidine groups is 1. The maximum Gasteiger partial charge on any atom is 0.286 e. The van der Waals surface area contributed by atoms with Crippen LogP contribution in [-0.4, -0.2) is 45.3 Å². The lowest BCUT2D eigenvalue weighted by Gasteiger charge is -2.15. The van der Waals surface area contributed by atoms with Crippen molar-refractivity contribution < 1.29 is 23.4 Å². The minimum atomic E-state index is -0.430. The molecule has 0 bridgehead atoms. The van der Waals surface area contributed by atoms with Gasteiger partial charge in [0, 0.05) is 38.5 Å².